The summed E-state index contributed by atoms with van der Waals surface area (Å²) in [6.07, 6.45) is -0.889. The zero-order valence-electron chi connectivity index (χ0n) is 10.1. The lowest BCUT2D eigenvalue weighted by molar-refractivity contribution is 0.208. The van der Waals surface area contributed by atoms with E-state index in [1.54, 1.807) is 12.1 Å². The van der Waals surface area contributed by atoms with Crippen molar-refractivity contribution in [2.75, 3.05) is 0 Å². The Kier molecular flexibility index (Phi) is 3.37. The van der Waals surface area contributed by atoms with Gasteiger partial charge in [-0.2, -0.15) is 0 Å². The first-order chi connectivity index (χ1) is 9.63. The third-order valence-electron chi connectivity index (χ3n) is 2.54. The van der Waals surface area contributed by atoms with Gasteiger partial charge in [0.2, 0.25) is 5.88 Å². The number of aromatic amines is 1. The summed E-state index contributed by atoms with van der Waals surface area (Å²) in [6.45, 7) is 0. The molecule has 0 aliphatic carbocycles. The number of hydrogen-bond acceptors (Lipinski definition) is 4. The Bertz CT molecular complexity index is 782. The number of nitrogens with two attached hydrogens (primary N) is 1. The molecule has 2 heterocycles. The number of aromatic nitrogens is 1. The normalized spacial score (nSPS) is 10.8. The van der Waals surface area contributed by atoms with E-state index < -0.39 is 6.09 Å². The van der Waals surface area contributed by atoms with E-state index in [2.05, 4.69) is 4.98 Å². The van der Waals surface area contributed by atoms with Crippen LogP contribution in [0, 0.1) is 5.82 Å². The van der Waals surface area contributed by atoms with Crippen LogP contribution < -0.4 is 10.5 Å². The minimum Gasteiger partial charge on any atom is -0.392 e. The predicted molar refractivity (Wildman–Crippen MR) is 76.9 cm³/mol. The zero-order chi connectivity index (χ0) is 14.1. The number of amides is 1. The number of thiophene rings is 1. The highest BCUT2D eigenvalue weighted by atomic mass is 32.2. The summed E-state index contributed by atoms with van der Waals surface area (Å²) in [4.78, 5) is 15.4. The minimum atomic E-state index is -0.889. The van der Waals surface area contributed by atoms with Crippen LogP contribution in [-0.4, -0.2) is 11.1 Å². The number of H-pyrrole nitrogens is 1. The lowest BCUT2D eigenvalue weighted by Crippen LogP contribution is -2.16. The van der Waals surface area contributed by atoms with Gasteiger partial charge >= 0.3 is 6.09 Å². The first-order valence-corrected chi connectivity index (χ1v) is 7.33. The van der Waals surface area contributed by atoms with Gasteiger partial charge in [0.25, 0.3) is 0 Å². The summed E-state index contributed by atoms with van der Waals surface area (Å²) < 4.78 is 19.1. The molecule has 0 saturated carbocycles. The number of primary amides is 1. The third kappa shape index (κ3) is 2.50. The Balaban J connectivity index is 2.03. The highest BCUT2D eigenvalue weighted by Gasteiger charge is 2.17. The predicted octanol–water partition coefficient (Wildman–Crippen LogP) is 3.98. The summed E-state index contributed by atoms with van der Waals surface area (Å²) in [5.41, 5.74) is 5.91. The fourth-order valence-electron chi connectivity index (χ4n) is 1.78. The molecule has 0 bridgehead atoms. The van der Waals surface area contributed by atoms with Crippen LogP contribution in [0.1, 0.15) is 0 Å². The Morgan fingerprint density at radius 3 is 3.00 bits per heavy atom. The summed E-state index contributed by atoms with van der Waals surface area (Å²) in [5.74, 6) is -0.0288. The molecule has 4 nitrogen and oxygen atoms in total. The molecule has 1 amide bonds. The van der Waals surface area contributed by atoms with Crippen molar-refractivity contribution in [2.45, 2.75) is 9.79 Å². The Morgan fingerprint density at radius 1 is 1.40 bits per heavy atom. The minimum absolute atomic E-state index is 0.286. The van der Waals surface area contributed by atoms with Gasteiger partial charge in [-0.15, -0.1) is 11.3 Å². The van der Waals surface area contributed by atoms with Crippen LogP contribution in [0.15, 0.2) is 45.5 Å². The van der Waals surface area contributed by atoms with E-state index in [0.717, 1.165) is 15.1 Å². The molecular weight excluding hydrogens is 299 g/mol. The standard InChI is InChI=1S/C13H9FN2O2S2/c14-7-2-1-3-8(6-7)20-11-10-9(4-5-19-10)16-12(11)18-13(15)17/h1-6,16H,(H2,15,17). The lowest BCUT2D eigenvalue weighted by atomic mass is 10.4. The third-order valence-corrected chi connectivity index (χ3v) is 4.69. The lowest BCUT2D eigenvalue weighted by Gasteiger charge is -2.03. The Hall–Kier alpha value is -1.99. The number of rotatable bonds is 3. The molecule has 7 heteroatoms. The molecule has 0 atom stereocenters. The van der Waals surface area contributed by atoms with Crippen molar-refractivity contribution in [2.24, 2.45) is 5.73 Å². The first-order valence-electron chi connectivity index (χ1n) is 5.63. The molecule has 2 aromatic heterocycles. The van der Waals surface area contributed by atoms with Gasteiger partial charge < -0.3 is 15.5 Å². The number of ether oxygens (including phenoxy) is 1. The highest BCUT2D eigenvalue weighted by Crippen LogP contribution is 2.43. The van der Waals surface area contributed by atoms with Crippen molar-refractivity contribution in [3.8, 4) is 5.88 Å². The fourth-order valence-corrected chi connectivity index (χ4v) is 3.78. The molecule has 1 aromatic carbocycles. The van der Waals surface area contributed by atoms with E-state index in [9.17, 15) is 9.18 Å². The second-order valence-electron chi connectivity index (χ2n) is 3.93. The largest absolute Gasteiger partial charge is 0.411 e. The van der Waals surface area contributed by atoms with E-state index in [1.807, 2.05) is 11.4 Å². The van der Waals surface area contributed by atoms with Gasteiger partial charge in [-0.3, -0.25) is 0 Å². The molecule has 3 aromatic rings. The maximum absolute atomic E-state index is 13.2. The number of halogens is 1. The zero-order valence-corrected chi connectivity index (χ0v) is 11.7. The van der Waals surface area contributed by atoms with Crippen molar-refractivity contribution in [1.29, 1.82) is 0 Å². The van der Waals surface area contributed by atoms with Gasteiger partial charge in [-0.25, -0.2) is 9.18 Å². The molecule has 0 aliphatic heterocycles. The van der Waals surface area contributed by atoms with Gasteiger partial charge in [0.1, 0.15) is 5.82 Å². The van der Waals surface area contributed by atoms with Crippen LogP contribution in [0.4, 0.5) is 9.18 Å². The molecule has 3 rings (SSSR count). The van der Waals surface area contributed by atoms with E-state index in [0.29, 0.717) is 4.90 Å². The van der Waals surface area contributed by atoms with Crippen molar-refractivity contribution in [3.63, 3.8) is 0 Å². The van der Waals surface area contributed by atoms with E-state index in [-0.39, 0.29) is 11.7 Å². The summed E-state index contributed by atoms with van der Waals surface area (Å²) in [5, 5.41) is 1.92. The maximum atomic E-state index is 13.2. The van der Waals surface area contributed by atoms with Crippen LogP contribution in [0.5, 0.6) is 5.88 Å². The molecule has 0 unspecified atom stereocenters. The van der Waals surface area contributed by atoms with Gasteiger partial charge in [0.05, 0.1) is 15.1 Å². The monoisotopic (exact) mass is 308 g/mol. The number of hydrogen-bond donors (Lipinski definition) is 2. The molecule has 0 saturated heterocycles. The van der Waals surface area contributed by atoms with Gasteiger partial charge in [0, 0.05) is 4.90 Å². The van der Waals surface area contributed by atoms with Gasteiger partial charge in [-0.05, 0) is 29.6 Å². The van der Waals surface area contributed by atoms with Crippen molar-refractivity contribution < 1.29 is 13.9 Å². The van der Waals surface area contributed by atoms with Crippen LogP contribution >= 0.6 is 23.1 Å². The highest BCUT2D eigenvalue weighted by molar-refractivity contribution is 7.99. The number of carbonyl (C=O) groups excluding carboxylic acids is 1. The summed E-state index contributed by atoms with van der Waals surface area (Å²) in [6, 6.07) is 8.09. The Morgan fingerprint density at radius 2 is 2.25 bits per heavy atom. The molecule has 0 fully saturated rings. The van der Waals surface area contributed by atoms with Gasteiger partial charge in [0.15, 0.2) is 0 Å². The van der Waals surface area contributed by atoms with Gasteiger partial charge in [-0.1, -0.05) is 17.8 Å². The average Bonchev–Trinajstić information content (AvgIpc) is 2.93. The van der Waals surface area contributed by atoms with Crippen molar-refractivity contribution in [1.82, 2.24) is 4.98 Å². The summed E-state index contributed by atoms with van der Waals surface area (Å²) in [7, 11) is 0. The molecule has 3 N–H and O–H groups in total. The molecule has 0 spiro atoms. The average molecular weight is 308 g/mol. The number of benzene rings is 1. The topological polar surface area (TPSA) is 68.1 Å². The smallest absolute Gasteiger partial charge is 0.392 e. The van der Waals surface area contributed by atoms with Crippen molar-refractivity contribution >= 4 is 39.4 Å². The molecular formula is C13H9FN2O2S2. The molecule has 0 radical (unpaired) electrons. The SMILES string of the molecule is NC(=O)Oc1[nH]c2ccsc2c1Sc1cccc(F)c1. The van der Waals surface area contributed by atoms with Crippen LogP contribution in [0.3, 0.4) is 0 Å². The van der Waals surface area contributed by atoms with Crippen LogP contribution in [0.2, 0.25) is 0 Å². The fraction of sp³-hybridized carbons (Fsp3) is 0. The quantitative estimate of drug-likeness (QED) is 0.769. The number of carbonyl (C=O) groups is 1. The van der Waals surface area contributed by atoms with E-state index >= 15 is 0 Å². The first kappa shape index (κ1) is 13.0. The van der Waals surface area contributed by atoms with Crippen LogP contribution in [0.25, 0.3) is 10.2 Å². The molecule has 0 aliphatic rings. The number of fused-ring (bicyclic) bond motifs is 1. The second-order valence-corrected chi connectivity index (χ2v) is 5.93. The molecule has 102 valence electrons. The maximum Gasteiger partial charge on any atom is 0.411 e. The second kappa shape index (κ2) is 5.18. The number of nitrogens with one attached hydrogen (secondary N) is 1. The molecule has 20 heavy (non-hydrogen) atoms. The van der Waals surface area contributed by atoms with E-state index in [4.69, 9.17) is 10.5 Å². The Labute approximate surface area is 121 Å². The van der Waals surface area contributed by atoms with Crippen molar-refractivity contribution in [3.05, 3.63) is 41.5 Å². The summed E-state index contributed by atoms with van der Waals surface area (Å²) >= 11 is 2.82. The van der Waals surface area contributed by atoms with E-state index in [1.165, 1.54) is 35.2 Å². The van der Waals surface area contributed by atoms with Crippen LogP contribution in [-0.2, 0) is 0 Å².